The van der Waals surface area contributed by atoms with E-state index < -0.39 is 22.2 Å². The second-order valence-electron chi connectivity index (χ2n) is 11.0. The summed E-state index contributed by atoms with van der Waals surface area (Å²) < 4.78 is 44.8. The number of nitrogens with one attached hydrogen (secondary N) is 1. The van der Waals surface area contributed by atoms with Crippen LogP contribution in [0.3, 0.4) is 0 Å². The first-order valence-electron chi connectivity index (χ1n) is 14.5. The Balaban J connectivity index is 1.55. The maximum absolute atomic E-state index is 13.7. The lowest BCUT2D eigenvalue weighted by Gasteiger charge is -2.38. The van der Waals surface area contributed by atoms with Crippen LogP contribution in [0.1, 0.15) is 30.6 Å². The number of morpholine rings is 1. The molecule has 13 heteroatoms. The van der Waals surface area contributed by atoms with Crippen LogP contribution in [0.2, 0.25) is 0 Å². The molecule has 2 N–H and O–H groups in total. The maximum atomic E-state index is 13.7. The third-order valence-corrected chi connectivity index (χ3v) is 9.75. The number of carbonyl (C=O) groups is 2. The van der Waals surface area contributed by atoms with Gasteiger partial charge in [-0.1, -0.05) is 6.92 Å². The number of nitrogens with zero attached hydrogens (tertiary/aromatic N) is 3. The summed E-state index contributed by atoms with van der Waals surface area (Å²) in [6, 6.07) is 10.5. The van der Waals surface area contributed by atoms with Gasteiger partial charge in [0, 0.05) is 51.3 Å². The molecule has 3 atom stereocenters. The number of hydrogen-bond acceptors (Lipinski definition) is 9. The van der Waals surface area contributed by atoms with Gasteiger partial charge in [-0.15, -0.1) is 0 Å². The van der Waals surface area contributed by atoms with Gasteiger partial charge >= 0.3 is 0 Å². The molecule has 1 fully saturated rings. The molecule has 2 amide bonds. The number of hydrogen-bond donors (Lipinski definition) is 2. The number of aliphatic hydroxyl groups excluding tert-OH is 1. The van der Waals surface area contributed by atoms with Gasteiger partial charge in [0.05, 0.1) is 50.0 Å². The highest BCUT2D eigenvalue weighted by atomic mass is 32.2. The van der Waals surface area contributed by atoms with Gasteiger partial charge in [-0.05, 0) is 49.4 Å². The highest BCUT2D eigenvalue weighted by Crippen LogP contribution is 2.31. The Kier molecular flexibility index (Phi) is 11.0. The number of aliphatic hydroxyl groups is 1. The Morgan fingerprint density at radius 3 is 2.53 bits per heavy atom. The first-order chi connectivity index (χ1) is 20.5. The molecular weight excluding hydrogens is 576 g/mol. The quantitative estimate of drug-likeness (QED) is 0.387. The monoisotopic (exact) mass is 618 g/mol. The van der Waals surface area contributed by atoms with Crippen LogP contribution in [-0.4, -0.2) is 118 Å². The molecule has 0 saturated carbocycles. The second kappa shape index (κ2) is 14.5. The molecule has 12 nitrogen and oxygen atoms in total. The lowest BCUT2D eigenvalue weighted by molar-refractivity contribution is -0.116. The Morgan fingerprint density at radius 1 is 1.19 bits per heavy atom. The van der Waals surface area contributed by atoms with E-state index in [2.05, 4.69) is 10.2 Å². The van der Waals surface area contributed by atoms with Crippen LogP contribution in [0.15, 0.2) is 47.4 Å². The molecule has 1 saturated heterocycles. The van der Waals surface area contributed by atoms with Gasteiger partial charge < -0.3 is 29.5 Å². The van der Waals surface area contributed by atoms with Gasteiger partial charge in [0.25, 0.3) is 5.91 Å². The topological polar surface area (TPSA) is 138 Å². The van der Waals surface area contributed by atoms with Gasteiger partial charge in [-0.2, -0.15) is 4.31 Å². The number of sulfonamides is 1. The Bertz CT molecular complexity index is 1360. The number of amides is 2. The molecule has 2 heterocycles. The number of fused-ring (bicyclic) bond motifs is 1. The van der Waals surface area contributed by atoms with Crippen molar-refractivity contribution in [2.75, 3.05) is 72.0 Å². The standard InChI is InChI=1S/C30H42N4O8S/c1-21-18-34(22(2)20-35)30(37)26-17-23(31-29(36)11-12-33-13-15-41-16-14-33)5-10-27(26)42-28(21)19-32(3)43(38,39)25-8-6-24(40-4)7-9-25/h5-10,17,21-22,28,35H,11-16,18-20H2,1-4H3,(H,31,36)/t21-,22+,28+/m0/s1. The molecule has 2 aliphatic heterocycles. The summed E-state index contributed by atoms with van der Waals surface area (Å²) >= 11 is 0. The van der Waals surface area contributed by atoms with Gasteiger partial charge in [-0.3, -0.25) is 14.5 Å². The van der Waals surface area contributed by atoms with Crippen molar-refractivity contribution < 1.29 is 37.3 Å². The van der Waals surface area contributed by atoms with Crippen molar-refractivity contribution in [2.45, 2.75) is 37.3 Å². The summed E-state index contributed by atoms with van der Waals surface area (Å²) in [4.78, 5) is 30.3. The largest absolute Gasteiger partial charge is 0.497 e. The molecule has 2 aliphatic rings. The van der Waals surface area contributed by atoms with E-state index in [4.69, 9.17) is 14.2 Å². The zero-order valence-electron chi connectivity index (χ0n) is 25.2. The summed E-state index contributed by atoms with van der Waals surface area (Å²) in [5.74, 6) is 0.0246. The van der Waals surface area contributed by atoms with Crippen LogP contribution in [-0.2, 0) is 19.6 Å². The third kappa shape index (κ3) is 8.03. The molecule has 2 aromatic rings. The lowest BCUT2D eigenvalue weighted by atomic mass is 9.99. The molecule has 0 aromatic heterocycles. The number of rotatable bonds is 11. The number of anilines is 1. The van der Waals surface area contributed by atoms with E-state index in [9.17, 15) is 23.1 Å². The van der Waals surface area contributed by atoms with Gasteiger partial charge in [-0.25, -0.2) is 8.42 Å². The average Bonchev–Trinajstić information content (AvgIpc) is 3.02. The highest BCUT2D eigenvalue weighted by molar-refractivity contribution is 7.89. The molecule has 0 radical (unpaired) electrons. The van der Waals surface area contributed by atoms with Crippen molar-refractivity contribution in [3.63, 3.8) is 0 Å². The van der Waals surface area contributed by atoms with Crippen molar-refractivity contribution >= 4 is 27.5 Å². The first kappa shape index (κ1) is 32.7. The minimum absolute atomic E-state index is 0.0184. The molecule has 0 spiro atoms. The summed E-state index contributed by atoms with van der Waals surface area (Å²) in [6.45, 7) is 7.12. The fourth-order valence-electron chi connectivity index (χ4n) is 5.11. The summed E-state index contributed by atoms with van der Waals surface area (Å²) in [5, 5.41) is 12.8. The normalized spacial score (nSPS) is 20.5. The van der Waals surface area contributed by atoms with Crippen LogP contribution >= 0.6 is 0 Å². The SMILES string of the molecule is COc1ccc(S(=O)(=O)N(C)C[C@H]2Oc3ccc(NC(=O)CCN4CCOCC4)cc3C(=O)N([C@H](C)CO)C[C@@H]2C)cc1. The van der Waals surface area contributed by atoms with Crippen LogP contribution in [0.5, 0.6) is 11.5 Å². The summed E-state index contributed by atoms with van der Waals surface area (Å²) in [5.41, 5.74) is 0.674. The number of methoxy groups -OCH3 is 1. The molecule has 0 aliphatic carbocycles. The van der Waals surface area contributed by atoms with Crippen LogP contribution in [0.4, 0.5) is 5.69 Å². The van der Waals surface area contributed by atoms with E-state index in [0.29, 0.717) is 37.6 Å². The number of likely N-dealkylation sites (N-methyl/N-ethyl adjacent to an activating group) is 1. The van der Waals surface area contributed by atoms with E-state index in [1.54, 1.807) is 42.2 Å². The van der Waals surface area contributed by atoms with Crippen LogP contribution in [0, 0.1) is 5.92 Å². The van der Waals surface area contributed by atoms with E-state index in [1.807, 2.05) is 6.92 Å². The number of ether oxygens (including phenoxy) is 3. The van der Waals surface area contributed by atoms with Crippen molar-refractivity contribution in [2.24, 2.45) is 5.92 Å². The highest BCUT2D eigenvalue weighted by Gasteiger charge is 2.35. The molecule has 0 bridgehead atoms. The maximum Gasteiger partial charge on any atom is 0.258 e. The van der Waals surface area contributed by atoms with Crippen molar-refractivity contribution in [3.05, 3.63) is 48.0 Å². The first-order valence-corrected chi connectivity index (χ1v) is 15.9. The van der Waals surface area contributed by atoms with E-state index in [-0.39, 0.29) is 53.6 Å². The fourth-order valence-corrected chi connectivity index (χ4v) is 6.29. The predicted octanol–water partition coefficient (Wildman–Crippen LogP) is 1.90. The minimum Gasteiger partial charge on any atom is -0.497 e. The molecule has 0 unspecified atom stereocenters. The minimum atomic E-state index is -3.85. The smallest absolute Gasteiger partial charge is 0.258 e. The van der Waals surface area contributed by atoms with Gasteiger partial charge in [0.2, 0.25) is 15.9 Å². The Hall–Kier alpha value is -3.23. The molecule has 43 heavy (non-hydrogen) atoms. The zero-order chi connectivity index (χ0) is 31.1. The van der Waals surface area contributed by atoms with E-state index >= 15 is 0 Å². The van der Waals surface area contributed by atoms with Crippen LogP contribution in [0.25, 0.3) is 0 Å². The second-order valence-corrected chi connectivity index (χ2v) is 13.1. The number of carbonyl (C=O) groups excluding carboxylic acids is 2. The Labute approximate surface area is 253 Å². The molecular formula is C30H42N4O8S. The van der Waals surface area contributed by atoms with Crippen molar-refractivity contribution in [1.29, 1.82) is 0 Å². The average molecular weight is 619 g/mol. The predicted molar refractivity (Wildman–Crippen MR) is 161 cm³/mol. The molecule has 236 valence electrons. The fraction of sp³-hybridized carbons (Fsp3) is 0.533. The zero-order valence-corrected chi connectivity index (χ0v) is 26.0. The molecule has 2 aromatic carbocycles. The van der Waals surface area contributed by atoms with Crippen LogP contribution < -0.4 is 14.8 Å². The summed E-state index contributed by atoms with van der Waals surface area (Å²) in [6.07, 6.45) is -0.323. The third-order valence-electron chi connectivity index (χ3n) is 7.91. The van der Waals surface area contributed by atoms with Gasteiger partial charge in [0.1, 0.15) is 17.6 Å². The van der Waals surface area contributed by atoms with E-state index in [0.717, 1.165) is 13.1 Å². The number of benzene rings is 2. The van der Waals surface area contributed by atoms with E-state index in [1.165, 1.54) is 30.6 Å². The van der Waals surface area contributed by atoms with Gasteiger partial charge in [0.15, 0.2) is 0 Å². The van der Waals surface area contributed by atoms with Crippen molar-refractivity contribution in [3.8, 4) is 11.5 Å². The molecule has 4 rings (SSSR count). The Morgan fingerprint density at radius 2 is 1.88 bits per heavy atom. The lowest BCUT2D eigenvalue weighted by Crippen LogP contribution is -2.50. The summed E-state index contributed by atoms with van der Waals surface area (Å²) in [7, 11) is -0.845. The van der Waals surface area contributed by atoms with Crippen molar-refractivity contribution in [1.82, 2.24) is 14.1 Å².